The average molecular weight is 710 g/mol. The third kappa shape index (κ3) is 4.98. The van der Waals surface area contributed by atoms with Gasteiger partial charge in [-0.1, -0.05) is 6.07 Å². The normalized spacial score (nSPS) is 24.5. The number of fused-ring (bicyclic) bond motifs is 2. The quantitative estimate of drug-likeness (QED) is 0.199. The molecular weight excluding hydrogens is 681 g/mol. The van der Waals surface area contributed by atoms with Crippen molar-refractivity contribution in [1.82, 2.24) is 5.32 Å². The first-order valence-electron chi connectivity index (χ1n) is 14.5. The number of carbonyl (C=O) groups is 2. The molecule has 2 unspecified atom stereocenters. The maximum absolute atomic E-state index is 15.4. The van der Waals surface area contributed by atoms with E-state index in [1.165, 1.54) is 32.3 Å². The van der Waals surface area contributed by atoms with E-state index in [4.69, 9.17) is 14.2 Å². The first kappa shape index (κ1) is 33.7. The van der Waals surface area contributed by atoms with Crippen LogP contribution >= 0.6 is 0 Å². The lowest BCUT2D eigenvalue weighted by Crippen LogP contribution is -2.69. The van der Waals surface area contributed by atoms with E-state index < -0.39 is 77.3 Å². The van der Waals surface area contributed by atoms with E-state index in [9.17, 15) is 41.6 Å². The van der Waals surface area contributed by atoms with E-state index in [1.807, 2.05) is 0 Å². The standard InChI is InChI=1S/C30H27F3N4O11S/c1-34-27(39)22-12-17(38)14-37(22,2)29(19-5-4-6-23-26(19)47-15-46-23)20-11-16(36(41)42)7-9-21(20)35(28(29)40)49(43,44)25-10-8-18(45-3)13-24(25)48-30(31,32)33/h4-11,13,17,22,38H,12,14-15H2,1-3H3/p+1/t17-,22+,29?,37?/m1/s1. The molecule has 2 N–H and O–H groups in total. The fourth-order valence-electron chi connectivity index (χ4n) is 7.12. The summed E-state index contributed by atoms with van der Waals surface area (Å²) in [6.45, 7) is -0.676. The fourth-order valence-corrected chi connectivity index (χ4v) is 8.68. The molecule has 0 radical (unpaired) electrons. The van der Waals surface area contributed by atoms with Gasteiger partial charge in [0.15, 0.2) is 23.3 Å². The number of aliphatic hydroxyl groups excluding tert-OH is 1. The molecule has 19 heteroatoms. The Morgan fingerprint density at radius 1 is 1.16 bits per heavy atom. The Balaban J connectivity index is 1.73. The summed E-state index contributed by atoms with van der Waals surface area (Å²) in [6.07, 6.45) is -6.82. The van der Waals surface area contributed by atoms with Crippen LogP contribution in [0.4, 0.5) is 24.5 Å². The predicted octanol–water partition coefficient (Wildman–Crippen LogP) is 2.54. The van der Waals surface area contributed by atoms with Crippen molar-refractivity contribution < 1.29 is 64.6 Å². The van der Waals surface area contributed by atoms with Gasteiger partial charge in [0.05, 0.1) is 35.9 Å². The molecule has 4 atom stereocenters. The van der Waals surface area contributed by atoms with Gasteiger partial charge in [0.1, 0.15) is 23.3 Å². The molecule has 0 aliphatic carbocycles. The van der Waals surface area contributed by atoms with Crippen LogP contribution in [0.3, 0.4) is 0 Å². The molecule has 3 heterocycles. The number of rotatable bonds is 8. The van der Waals surface area contributed by atoms with Crippen LogP contribution in [-0.2, 0) is 25.2 Å². The summed E-state index contributed by atoms with van der Waals surface area (Å²) in [7, 11) is -1.52. The number of benzene rings is 3. The van der Waals surface area contributed by atoms with Gasteiger partial charge in [0, 0.05) is 31.7 Å². The predicted molar refractivity (Wildman–Crippen MR) is 160 cm³/mol. The second-order valence-corrected chi connectivity index (χ2v) is 13.4. The average Bonchev–Trinajstić information content (AvgIpc) is 3.71. The third-order valence-corrected chi connectivity index (χ3v) is 10.8. The maximum atomic E-state index is 15.4. The van der Waals surface area contributed by atoms with Gasteiger partial charge in [-0.3, -0.25) is 24.2 Å². The summed E-state index contributed by atoms with van der Waals surface area (Å²) in [5, 5.41) is 25.7. The summed E-state index contributed by atoms with van der Waals surface area (Å²) < 4.78 is 89.8. The van der Waals surface area contributed by atoms with Crippen LogP contribution in [0.25, 0.3) is 0 Å². The Kier molecular flexibility index (Phi) is 7.91. The van der Waals surface area contributed by atoms with Gasteiger partial charge >= 0.3 is 12.3 Å². The molecule has 15 nitrogen and oxygen atoms in total. The number of carbonyl (C=O) groups excluding carboxylic acids is 2. The van der Waals surface area contributed by atoms with Crippen molar-refractivity contribution in [2.75, 3.05) is 38.8 Å². The number of nitrogens with zero attached hydrogens (tertiary/aromatic N) is 3. The lowest BCUT2D eigenvalue weighted by atomic mass is 9.78. The molecule has 3 aliphatic heterocycles. The van der Waals surface area contributed by atoms with Crippen LogP contribution in [0.15, 0.2) is 59.5 Å². The number of nitrogens with one attached hydrogen (secondary N) is 1. The highest BCUT2D eigenvalue weighted by molar-refractivity contribution is 7.93. The number of hydrogen-bond donors (Lipinski definition) is 2. The minimum atomic E-state index is -5.38. The fraction of sp³-hybridized carbons (Fsp3) is 0.333. The number of non-ortho nitro benzene ring substituents is 1. The molecule has 0 saturated carbocycles. The molecule has 0 bridgehead atoms. The summed E-state index contributed by atoms with van der Waals surface area (Å²) >= 11 is 0. The number of aliphatic hydroxyl groups is 1. The highest BCUT2D eigenvalue weighted by Crippen LogP contribution is 2.59. The number of amides is 2. The largest absolute Gasteiger partial charge is 0.573 e. The zero-order valence-corrected chi connectivity index (χ0v) is 26.7. The number of anilines is 1. The van der Waals surface area contributed by atoms with E-state index in [1.54, 1.807) is 0 Å². The first-order valence-corrected chi connectivity index (χ1v) is 15.9. The second kappa shape index (κ2) is 11.5. The van der Waals surface area contributed by atoms with E-state index in [2.05, 4.69) is 10.1 Å². The Morgan fingerprint density at radius 3 is 2.55 bits per heavy atom. The highest BCUT2D eigenvalue weighted by Gasteiger charge is 2.72. The van der Waals surface area contributed by atoms with E-state index in [-0.39, 0.29) is 52.4 Å². The monoisotopic (exact) mass is 709 g/mol. The zero-order chi connectivity index (χ0) is 35.7. The van der Waals surface area contributed by atoms with Crippen LogP contribution in [-0.4, -0.2) is 87.8 Å². The van der Waals surface area contributed by atoms with Crippen LogP contribution < -0.4 is 28.6 Å². The molecule has 3 aromatic rings. The Morgan fingerprint density at radius 2 is 1.90 bits per heavy atom. The van der Waals surface area contributed by atoms with Gasteiger partial charge in [-0.25, -0.2) is 8.42 Å². The number of likely N-dealkylation sites (N-methyl/N-ethyl adjacent to an activating group) is 2. The van der Waals surface area contributed by atoms with Crippen LogP contribution in [0.2, 0.25) is 0 Å². The van der Waals surface area contributed by atoms with Gasteiger partial charge in [-0.15, -0.1) is 13.2 Å². The topological polar surface area (TPSA) is 184 Å². The van der Waals surface area contributed by atoms with Gasteiger partial charge in [0.2, 0.25) is 12.3 Å². The SMILES string of the molecule is CNC(=O)[C@@H]1C[C@@H](O)C[N+]1(C)C1(c2cccc3c2OCO3)C(=O)N(S(=O)(=O)c2ccc(OC)cc2OC(F)(F)F)c2ccc([N+](=O)[O-])cc21. The molecule has 260 valence electrons. The van der Waals surface area contributed by atoms with Gasteiger partial charge < -0.3 is 29.4 Å². The van der Waals surface area contributed by atoms with Crippen molar-refractivity contribution in [1.29, 1.82) is 0 Å². The number of methoxy groups -OCH3 is 1. The molecule has 3 aliphatic rings. The number of sulfonamides is 1. The minimum absolute atomic E-state index is 0.0468. The lowest BCUT2D eigenvalue weighted by molar-refractivity contribution is -0.953. The summed E-state index contributed by atoms with van der Waals surface area (Å²) in [5.41, 5.74) is -3.82. The molecule has 1 fully saturated rings. The van der Waals surface area contributed by atoms with Gasteiger partial charge in [-0.2, -0.15) is 4.31 Å². The third-order valence-electron chi connectivity index (χ3n) is 9.06. The van der Waals surface area contributed by atoms with E-state index in [0.29, 0.717) is 6.07 Å². The van der Waals surface area contributed by atoms with Gasteiger partial charge in [-0.05, 0) is 30.3 Å². The summed E-state index contributed by atoms with van der Waals surface area (Å²) in [5.74, 6) is -3.33. The van der Waals surface area contributed by atoms with Crippen LogP contribution in [0.1, 0.15) is 17.5 Å². The first-order chi connectivity index (χ1) is 23.0. The number of alkyl halides is 3. The van der Waals surface area contributed by atoms with Crippen molar-refractivity contribution in [2.45, 2.75) is 35.4 Å². The molecule has 49 heavy (non-hydrogen) atoms. The Hall–Kier alpha value is -5.14. The molecular formula is C30H28F3N4O11S+. The molecule has 1 saturated heterocycles. The number of nitro groups is 1. The van der Waals surface area contributed by atoms with Gasteiger partial charge in [0.25, 0.3) is 21.6 Å². The van der Waals surface area contributed by atoms with E-state index >= 15 is 4.79 Å². The molecule has 0 spiro atoms. The number of quaternary nitrogens is 1. The number of nitro benzene ring substituents is 1. The van der Waals surface area contributed by atoms with Crippen molar-refractivity contribution in [3.8, 4) is 23.0 Å². The van der Waals surface area contributed by atoms with Crippen LogP contribution in [0, 0.1) is 10.1 Å². The van der Waals surface area contributed by atoms with Crippen molar-refractivity contribution >= 4 is 33.2 Å². The number of para-hydroxylation sites is 1. The number of hydrogen-bond acceptors (Lipinski definition) is 11. The van der Waals surface area contributed by atoms with Crippen LogP contribution in [0.5, 0.6) is 23.0 Å². The Bertz CT molecular complexity index is 2010. The van der Waals surface area contributed by atoms with Crippen molar-refractivity contribution in [3.63, 3.8) is 0 Å². The smallest absolute Gasteiger partial charge is 0.497 e. The molecule has 6 rings (SSSR count). The molecule has 0 aromatic heterocycles. The maximum Gasteiger partial charge on any atom is 0.573 e. The number of ether oxygens (including phenoxy) is 4. The minimum Gasteiger partial charge on any atom is -0.497 e. The lowest BCUT2D eigenvalue weighted by Gasteiger charge is -2.48. The molecule has 3 aromatic carbocycles. The highest BCUT2D eigenvalue weighted by atomic mass is 32.2. The molecule has 2 amide bonds. The summed E-state index contributed by atoms with van der Waals surface area (Å²) in [4.78, 5) is 39.2. The number of halogens is 3. The van der Waals surface area contributed by atoms with E-state index in [0.717, 1.165) is 37.4 Å². The zero-order valence-electron chi connectivity index (χ0n) is 25.9. The Labute approximate surface area is 276 Å². The summed E-state index contributed by atoms with van der Waals surface area (Å²) in [6, 6.07) is 8.43. The number of likely N-dealkylation sites (tertiary alicyclic amines) is 1. The van der Waals surface area contributed by atoms with Crippen molar-refractivity contribution in [2.24, 2.45) is 0 Å². The van der Waals surface area contributed by atoms with Crippen molar-refractivity contribution in [3.05, 3.63) is 75.8 Å². The second-order valence-electron chi connectivity index (χ2n) is 11.6.